The van der Waals surface area contributed by atoms with Crippen molar-refractivity contribution in [2.75, 3.05) is 54.1 Å². The Labute approximate surface area is 168 Å². The highest BCUT2D eigenvalue weighted by atomic mass is 16.6. The van der Waals surface area contributed by atoms with E-state index in [2.05, 4.69) is 24.8 Å². The minimum absolute atomic E-state index is 0.381. The molecule has 0 aliphatic carbocycles. The molecule has 2 aliphatic rings. The van der Waals surface area contributed by atoms with Crippen molar-refractivity contribution in [3.8, 4) is 0 Å². The van der Waals surface area contributed by atoms with Gasteiger partial charge in [0.1, 0.15) is 24.6 Å². The topological polar surface area (TPSA) is 110 Å². The third-order valence-corrected chi connectivity index (χ3v) is 5.15. The molecule has 11 nitrogen and oxygen atoms in total. The summed E-state index contributed by atoms with van der Waals surface area (Å²) in [6.45, 7) is 3.64. The summed E-state index contributed by atoms with van der Waals surface area (Å²) in [6.07, 6.45) is 2.50. The van der Waals surface area contributed by atoms with E-state index in [-0.39, 0.29) is 6.10 Å². The summed E-state index contributed by atoms with van der Waals surface area (Å²) < 4.78 is 19.0. The zero-order chi connectivity index (χ0) is 20.4. The van der Waals surface area contributed by atoms with Crippen LogP contribution in [0.4, 0.5) is 5.82 Å². The Kier molecular flexibility index (Phi) is 6.01. The molecule has 0 spiro atoms. The molecule has 2 aromatic heterocycles. The fraction of sp³-hybridized carbons (Fsp3) is 0.667. The minimum Gasteiger partial charge on any atom is -0.387 e. The molecule has 0 bridgehead atoms. The Morgan fingerprint density at radius 2 is 2.10 bits per heavy atom. The highest BCUT2D eigenvalue weighted by molar-refractivity contribution is 5.82. The quantitative estimate of drug-likeness (QED) is 0.509. The molecule has 1 unspecified atom stereocenters. The molecule has 4 rings (SSSR count). The van der Waals surface area contributed by atoms with Crippen LogP contribution < -0.4 is 0 Å². The Morgan fingerprint density at radius 3 is 2.83 bits per heavy atom. The molecule has 0 aromatic carbocycles. The molecule has 0 radical (unpaired) electrons. The van der Waals surface area contributed by atoms with E-state index in [9.17, 15) is 5.11 Å². The predicted molar refractivity (Wildman–Crippen MR) is 105 cm³/mol. The van der Waals surface area contributed by atoms with Gasteiger partial charge in [0.15, 0.2) is 23.2 Å². The summed E-state index contributed by atoms with van der Waals surface area (Å²) in [5.74, 6) is 0.472. The van der Waals surface area contributed by atoms with E-state index in [4.69, 9.17) is 14.2 Å². The second-order valence-electron chi connectivity index (χ2n) is 7.40. The lowest BCUT2D eigenvalue weighted by atomic mass is 10.1. The second-order valence-corrected chi connectivity index (χ2v) is 7.40. The summed E-state index contributed by atoms with van der Waals surface area (Å²) in [7, 11) is 5.33. The molecular weight excluding hydrogens is 378 g/mol. The van der Waals surface area contributed by atoms with E-state index in [1.165, 1.54) is 6.33 Å². The first kappa shape index (κ1) is 20.1. The van der Waals surface area contributed by atoms with Gasteiger partial charge in [0.25, 0.3) is 0 Å². The number of imidazole rings is 1. The maximum Gasteiger partial charge on any atom is 0.184 e. The summed E-state index contributed by atoms with van der Waals surface area (Å²) >= 11 is 0. The molecular formula is C18H27N7O4. The number of morpholine rings is 1. The van der Waals surface area contributed by atoms with Gasteiger partial charge < -0.3 is 24.2 Å². The van der Waals surface area contributed by atoms with E-state index in [1.54, 1.807) is 24.3 Å². The van der Waals surface area contributed by atoms with Gasteiger partial charge in [0.2, 0.25) is 0 Å². The van der Waals surface area contributed by atoms with Crippen molar-refractivity contribution in [3.05, 3.63) is 12.7 Å². The van der Waals surface area contributed by atoms with E-state index in [0.29, 0.717) is 36.7 Å². The molecule has 1 N–H and O–H groups in total. The van der Waals surface area contributed by atoms with Crippen LogP contribution in [0.25, 0.3) is 11.2 Å². The van der Waals surface area contributed by atoms with Crippen molar-refractivity contribution in [2.45, 2.75) is 24.5 Å². The number of aromatic nitrogens is 4. The van der Waals surface area contributed by atoms with Crippen LogP contribution in [0.3, 0.4) is 0 Å². The third kappa shape index (κ3) is 4.09. The van der Waals surface area contributed by atoms with Gasteiger partial charge in [-0.3, -0.25) is 9.47 Å². The maximum absolute atomic E-state index is 10.8. The van der Waals surface area contributed by atoms with Crippen LogP contribution in [0.2, 0.25) is 0 Å². The molecule has 158 valence electrons. The normalized spacial score (nSPS) is 28.6. The molecule has 0 saturated carbocycles. The van der Waals surface area contributed by atoms with Crippen LogP contribution >= 0.6 is 0 Å². The standard InChI is InChI=1S/C18H27N7O4/c1-23(2)10-22-16-13-17(20-9-19-16)25(11-21-13)18-15(27-3)14(26)12(29-18)8-24-4-6-28-7-5-24/h9-12,14-15,18,26H,4-8H2,1-3H3/t12-,14?,15+,18-/m1/s1. The zero-order valence-corrected chi connectivity index (χ0v) is 16.9. The van der Waals surface area contributed by atoms with E-state index >= 15 is 0 Å². The number of methoxy groups -OCH3 is 1. The van der Waals surface area contributed by atoms with Gasteiger partial charge in [0.05, 0.1) is 25.9 Å². The van der Waals surface area contributed by atoms with Crippen LogP contribution in [0, 0.1) is 0 Å². The second kappa shape index (κ2) is 8.67. The van der Waals surface area contributed by atoms with Gasteiger partial charge >= 0.3 is 0 Å². The molecule has 4 atom stereocenters. The number of rotatable bonds is 6. The van der Waals surface area contributed by atoms with E-state index in [0.717, 1.165) is 13.1 Å². The zero-order valence-electron chi connectivity index (χ0n) is 16.9. The van der Waals surface area contributed by atoms with Crippen molar-refractivity contribution in [1.29, 1.82) is 0 Å². The third-order valence-electron chi connectivity index (χ3n) is 5.15. The summed E-state index contributed by atoms with van der Waals surface area (Å²) in [6, 6.07) is 0. The van der Waals surface area contributed by atoms with Crippen LogP contribution in [-0.2, 0) is 14.2 Å². The van der Waals surface area contributed by atoms with Gasteiger partial charge in [0, 0.05) is 40.8 Å². The highest BCUT2D eigenvalue weighted by Gasteiger charge is 2.46. The van der Waals surface area contributed by atoms with Crippen molar-refractivity contribution in [2.24, 2.45) is 4.99 Å². The fourth-order valence-electron chi connectivity index (χ4n) is 3.68. The van der Waals surface area contributed by atoms with Gasteiger partial charge in [-0.05, 0) is 0 Å². The predicted octanol–water partition coefficient (Wildman–Crippen LogP) is -0.347. The summed E-state index contributed by atoms with van der Waals surface area (Å²) in [5.41, 5.74) is 1.15. The molecule has 0 amide bonds. The van der Waals surface area contributed by atoms with E-state index < -0.39 is 18.4 Å². The first-order chi connectivity index (χ1) is 14.1. The summed E-state index contributed by atoms with van der Waals surface area (Å²) in [5, 5.41) is 10.8. The molecule has 2 fully saturated rings. The lowest BCUT2D eigenvalue weighted by Crippen LogP contribution is -2.44. The van der Waals surface area contributed by atoms with Crippen molar-refractivity contribution in [1.82, 2.24) is 29.3 Å². The Balaban J connectivity index is 1.59. The van der Waals surface area contributed by atoms with Gasteiger partial charge in [-0.1, -0.05) is 0 Å². The number of hydrogen-bond donors (Lipinski definition) is 1. The SMILES string of the molecule is CO[C@H]1C(O)[C@@H](CN2CCOCC2)O[C@H]1n1cnc2c(N=CN(C)C)ncnc21. The number of ether oxygens (including phenoxy) is 3. The smallest absolute Gasteiger partial charge is 0.184 e. The minimum atomic E-state index is -0.765. The molecule has 2 saturated heterocycles. The number of aliphatic imine (C=N–C) groups is 1. The number of nitrogens with zero attached hydrogens (tertiary/aromatic N) is 7. The lowest BCUT2D eigenvalue weighted by Gasteiger charge is -2.29. The summed E-state index contributed by atoms with van der Waals surface area (Å²) in [4.78, 5) is 21.4. The average Bonchev–Trinajstić information content (AvgIpc) is 3.28. The molecule has 2 aliphatic heterocycles. The molecule has 11 heteroatoms. The fourth-order valence-corrected chi connectivity index (χ4v) is 3.68. The van der Waals surface area contributed by atoms with Crippen LogP contribution in [0.5, 0.6) is 0 Å². The first-order valence-corrected chi connectivity index (χ1v) is 9.63. The Bertz CT molecular complexity index is 852. The number of fused-ring (bicyclic) bond motifs is 1. The highest BCUT2D eigenvalue weighted by Crippen LogP contribution is 2.34. The van der Waals surface area contributed by atoms with Crippen LogP contribution in [0.15, 0.2) is 17.6 Å². The van der Waals surface area contributed by atoms with Gasteiger partial charge in [-0.25, -0.2) is 19.9 Å². The maximum atomic E-state index is 10.8. The lowest BCUT2D eigenvalue weighted by molar-refractivity contribution is -0.0603. The Hall–Kier alpha value is -2.18. The number of aliphatic hydroxyl groups is 1. The van der Waals surface area contributed by atoms with E-state index in [1.807, 2.05) is 19.0 Å². The number of hydrogen-bond acceptors (Lipinski definition) is 9. The largest absolute Gasteiger partial charge is 0.387 e. The molecule has 2 aromatic rings. The van der Waals surface area contributed by atoms with Crippen molar-refractivity contribution in [3.63, 3.8) is 0 Å². The number of aliphatic hydroxyl groups excluding tert-OH is 1. The molecule has 29 heavy (non-hydrogen) atoms. The van der Waals surface area contributed by atoms with Crippen LogP contribution in [0.1, 0.15) is 6.23 Å². The van der Waals surface area contributed by atoms with Gasteiger partial charge in [-0.15, -0.1) is 0 Å². The molecule has 4 heterocycles. The first-order valence-electron chi connectivity index (χ1n) is 9.63. The average molecular weight is 405 g/mol. The van der Waals surface area contributed by atoms with Crippen LogP contribution in [-0.4, -0.2) is 113 Å². The van der Waals surface area contributed by atoms with Gasteiger partial charge in [-0.2, -0.15) is 0 Å². The monoisotopic (exact) mass is 405 g/mol. The van der Waals surface area contributed by atoms with Crippen molar-refractivity contribution < 1.29 is 19.3 Å². The van der Waals surface area contributed by atoms with Crippen molar-refractivity contribution >= 4 is 23.3 Å². The Morgan fingerprint density at radius 1 is 1.31 bits per heavy atom.